The Hall–Kier alpha value is -2.47. The average molecular weight is 340 g/mol. The number of nitrogens with zero attached hydrogens (tertiary/aromatic N) is 4. The van der Waals surface area contributed by atoms with Crippen LogP contribution >= 0.6 is 0 Å². The lowest BCUT2D eigenvalue weighted by molar-refractivity contribution is -0.132. The molecule has 1 atom stereocenters. The Morgan fingerprint density at radius 2 is 2.08 bits per heavy atom. The Balaban J connectivity index is 1.90. The van der Waals surface area contributed by atoms with E-state index in [9.17, 15) is 4.79 Å². The van der Waals surface area contributed by atoms with Crippen molar-refractivity contribution in [2.75, 3.05) is 26.7 Å². The maximum absolute atomic E-state index is 11.9. The number of hydrogen-bond acceptors (Lipinski definition) is 5. The first-order chi connectivity index (χ1) is 12.1. The van der Waals surface area contributed by atoms with Crippen LogP contribution in [0.5, 0.6) is 5.75 Å². The van der Waals surface area contributed by atoms with Crippen molar-refractivity contribution < 1.29 is 9.53 Å². The summed E-state index contributed by atoms with van der Waals surface area (Å²) in [4.78, 5) is 24.9. The number of carbonyl (C=O) groups is 1. The van der Waals surface area contributed by atoms with Gasteiger partial charge in [-0.3, -0.25) is 9.69 Å². The Morgan fingerprint density at radius 1 is 1.28 bits per heavy atom. The number of ether oxygens (including phenoxy) is 1. The second kappa shape index (κ2) is 7.61. The van der Waals surface area contributed by atoms with Crippen LogP contribution in [0.2, 0.25) is 0 Å². The summed E-state index contributed by atoms with van der Waals surface area (Å²) in [5, 5.41) is 0. The number of amides is 1. The quantitative estimate of drug-likeness (QED) is 0.854. The number of rotatable bonds is 4. The van der Waals surface area contributed by atoms with Crippen LogP contribution in [-0.2, 0) is 11.3 Å². The molecule has 3 rings (SSSR count). The van der Waals surface area contributed by atoms with Crippen LogP contribution in [0.1, 0.15) is 30.0 Å². The molecule has 6 nitrogen and oxygen atoms in total. The zero-order valence-electron chi connectivity index (χ0n) is 15.0. The second-order valence-corrected chi connectivity index (χ2v) is 6.29. The van der Waals surface area contributed by atoms with E-state index in [2.05, 4.69) is 20.9 Å². The highest BCUT2D eigenvalue weighted by Gasteiger charge is 2.31. The lowest BCUT2D eigenvalue weighted by Crippen LogP contribution is -2.49. The van der Waals surface area contributed by atoms with E-state index in [4.69, 9.17) is 4.74 Å². The summed E-state index contributed by atoms with van der Waals surface area (Å²) in [5.74, 6) is 1.73. The van der Waals surface area contributed by atoms with E-state index in [-0.39, 0.29) is 11.9 Å². The summed E-state index contributed by atoms with van der Waals surface area (Å²) < 4.78 is 5.56. The van der Waals surface area contributed by atoms with Crippen molar-refractivity contribution in [3.05, 3.63) is 53.6 Å². The Bertz CT molecular complexity index is 750. The van der Waals surface area contributed by atoms with Gasteiger partial charge in [-0.2, -0.15) is 0 Å². The largest absolute Gasteiger partial charge is 0.496 e. The Morgan fingerprint density at radius 3 is 2.80 bits per heavy atom. The van der Waals surface area contributed by atoms with Crippen LogP contribution in [0, 0.1) is 6.92 Å². The van der Waals surface area contributed by atoms with Gasteiger partial charge in [-0.25, -0.2) is 9.97 Å². The van der Waals surface area contributed by atoms with Crippen LogP contribution in [0.15, 0.2) is 36.5 Å². The van der Waals surface area contributed by atoms with Crippen molar-refractivity contribution in [3.8, 4) is 5.75 Å². The molecule has 2 aromatic rings. The minimum Gasteiger partial charge on any atom is -0.496 e. The molecule has 0 radical (unpaired) electrons. The molecule has 0 spiro atoms. The molecule has 2 heterocycles. The van der Waals surface area contributed by atoms with Crippen molar-refractivity contribution in [1.29, 1.82) is 0 Å². The standard InChI is InChI=1S/C19H24N4O2/c1-14-20-9-8-16(21-14)12-23-11-10-22(15(2)24)13-18(23)17-6-4-5-7-19(17)25-3/h4-9,18H,10-13H2,1-3H3. The van der Waals surface area contributed by atoms with E-state index in [0.717, 1.165) is 42.5 Å². The van der Waals surface area contributed by atoms with Crippen molar-refractivity contribution in [2.45, 2.75) is 26.4 Å². The van der Waals surface area contributed by atoms with Gasteiger partial charge < -0.3 is 9.64 Å². The summed E-state index contributed by atoms with van der Waals surface area (Å²) in [6.45, 7) is 6.42. The zero-order valence-corrected chi connectivity index (χ0v) is 15.0. The third-order valence-electron chi connectivity index (χ3n) is 4.63. The summed E-state index contributed by atoms with van der Waals surface area (Å²) in [5.41, 5.74) is 2.09. The molecule has 25 heavy (non-hydrogen) atoms. The molecule has 132 valence electrons. The number of piperazine rings is 1. The molecule has 1 aliphatic heterocycles. The van der Waals surface area contributed by atoms with Crippen molar-refractivity contribution >= 4 is 5.91 Å². The highest BCUT2D eigenvalue weighted by atomic mass is 16.5. The molecule has 0 aliphatic carbocycles. The van der Waals surface area contributed by atoms with E-state index in [0.29, 0.717) is 6.54 Å². The molecule has 1 aromatic carbocycles. The van der Waals surface area contributed by atoms with E-state index in [1.807, 2.05) is 36.1 Å². The molecule has 0 bridgehead atoms. The second-order valence-electron chi connectivity index (χ2n) is 6.29. The van der Waals surface area contributed by atoms with Gasteiger partial charge in [0, 0.05) is 44.9 Å². The van der Waals surface area contributed by atoms with E-state index < -0.39 is 0 Å². The zero-order chi connectivity index (χ0) is 17.8. The van der Waals surface area contributed by atoms with Crippen LogP contribution in [0.25, 0.3) is 0 Å². The number of benzene rings is 1. The van der Waals surface area contributed by atoms with Crippen LogP contribution in [0.4, 0.5) is 0 Å². The molecule has 1 aromatic heterocycles. The Kier molecular flexibility index (Phi) is 5.28. The maximum Gasteiger partial charge on any atom is 0.219 e. The van der Waals surface area contributed by atoms with Gasteiger partial charge in [-0.05, 0) is 19.1 Å². The number of aryl methyl sites for hydroxylation is 1. The first-order valence-electron chi connectivity index (χ1n) is 8.49. The molecular formula is C19H24N4O2. The van der Waals surface area contributed by atoms with Gasteiger partial charge in [0.05, 0.1) is 18.8 Å². The monoisotopic (exact) mass is 340 g/mol. The maximum atomic E-state index is 11.9. The molecular weight excluding hydrogens is 316 g/mol. The predicted molar refractivity (Wildman–Crippen MR) is 95.2 cm³/mol. The normalized spacial score (nSPS) is 18.2. The van der Waals surface area contributed by atoms with E-state index in [1.54, 1.807) is 20.2 Å². The summed E-state index contributed by atoms with van der Waals surface area (Å²) >= 11 is 0. The third kappa shape index (κ3) is 3.96. The molecule has 1 saturated heterocycles. The molecule has 1 aliphatic rings. The molecule has 6 heteroatoms. The fourth-order valence-electron chi connectivity index (χ4n) is 3.33. The molecule has 0 saturated carbocycles. The van der Waals surface area contributed by atoms with Crippen molar-refractivity contribution in [1.82, 2.24) is 19.8 Å². The minimum absolute atomic E-state index is 0.0732. The van der Waals surface area contributed by atoms with Gasteiger partial charge in [0.15, 0.2) is 0 Å². The molecule has 1 amide bonds. The molecule has 1 fully saturated rings. The van der Waals surface area contributed by atoms with E-state index >= 15 is 0 Å². The third-order valence-corrected chi connectivity index (χ3v) is 4.63. The van der Waals surface area contributed by atoms with Gasteiger partial charge in [-0.15, -0.1) is 0 Å². The summed E-state index contributed by atoms with van der Waals surface area (Å²) in [6.07, 6.45) is 1.79. The van der Waals surface area contributed by atoms with Gasteiger partial charge in [0.2, 0.25) is 5.91 Å². The molecule has 0 N–H and O–H groups in total. The highest BCUT2D eigenvalue weighted by molar-refractivity contribution is 5.73. The number of para-hydroxylation sites is 1. The van der Waals surface area contributed by atoms with Crippen LogP contribution in [-0.4, -0.2) is 52.4 Å². The van der Waals surface area contributed by atoms with E-state index in [1.165, 1.54) is 0 Å². The van der Waals surface area contributed by atoms with Crippen molar-refractivity contribution in [3.63, 3.8) is 0 Å². The SMILES string of the molecule is COc1ccccc1C1CN(C(C)=O)CCN1Cc1ccnc(C)n1. The summed E-state index contributed by atoms with van der Waals surface area (Å²) in [7, 11) is 1.68. The van der Waals surface area contributed by atoms with Crippen LogP contribution in [0.3, 0.4) is 0 Å². The summed E-state index contributed by atoms with van der Waals surface area (Å²) in [6, 6.07) is 10.0. The minimum atomic E-state index is 0.0732. The number of methoxy groups -OCH3 is 1. The lowest BCUT2D eigenvalue weighted by atomic mass is 10.0. The molecule has 1 unspecified atom stereocenters. The number of carbonyl (C=O) groups excluding carboxylic acids is 1. The topological polar surface area (TPSA) is 58.6 Å². The average Bonchev–Trinajstić information content (AvgIpc) is 2.62. The first kappa shape index (κ1) is 17.4. The van der Waals surface area contributed by atoms with Crippen LogP contribution < -0.4 is 4.74 Å². The van der Waals surface area contributed by atoms with Gasteiger partial charge in [-0.1, -0.05) is 18.2 Å². The number of hydrogen-bond donors (Lipinski definition) is 0. The number of aromatic nitrogens is 2. The van der Waals surface area contributed by atoms with Gasteiger partial charge in [0.25, 0.3) is 0 Å². The van der Waals surface area contributed by atoms with Crippen molar-refractivity contribution in [2.24, 2.45) is 0 Å². The Labute approximate surface area is 148 Å². The highest BCUT2D eigenvalue weighted by Crippen LogP contribution is 2.33. The predicted octanol–water partition coefficient (Wildman–Crippen LogP) is 2.20. The van der Waals surface area contributed by atoms with Gasteiger partial charge in [0.1, 0.15) is 11.6 Å². The first-order valence-corrected chi connectivity index (χ1v) is 8.49. The van der Waals surface area contributed by atoms with Gasteiger partial charge >= 0.3 is 0 Å². The fourth-order valence-corrected chi connectivity index (χ4v) is 3.33. The lowest BCUT2D eigenvalue weighted by Gasteiger charge is -2.41. The smallest absolute Gasteiger partial charge is 0.219 e. The fraction of sp³-hybridized carbons (Fsp3) is 0.421.